The molecule has 4 heteroatoms. The van der Waals surface area contributed by atoms with Crippen LogP contribution in [0.15, 0.2) is 0 Å². The Hall–Kier alpha value is -0.610. The summed E-state index contributed by atoms with van der Waals surface area (Å²) in [7, 11) is 0. The number of piperidine rings is 1. The summed E-state index contributed by atoms with van der Waals surface area (Å²) in [6.07, 6.45) is 4.32. The number of amides is 1. The summed E-state index contributed by atoms with van der Waals surface area (Å²) in [6.45, 7) is 5.73. The van der Waals surface area contributed by atoms with Crippen LogP contribution in [0.5, 0.6) is 0 Å². The van der Waals surface area contributed by atoms with E-state index in [2.05, 4.69) is 10.6 Å². The van der Waals surface area contributed by atoms with Gasteiger partial charge in [0, 0.05) is 6.61 Å². The Morgan fingerprint density at radius 2 is 2.31 bits per heavy atom. The minimum atomic E-state index is -0.374. The zero-order valence-electron chi connectivity index (χ0n) is 10.2. The van der Waals surface area contributed by atoms with Gasteiger partial charge in [0.25, 0.3) is 0 Å². The van der Waals surface area contributed by atoms with Crippen molar-refractivity contribution in [2.45, 2.75) is 57.2 Å². The van der Waals surface area contributed by atoms with Gasteiger partial charge in [-0.3, -0.25) is 4.79 Å². The summed E-state index contributed by atoms with van der Waals surface area (Å²) in [5, 5.41) is 6.44. The van der Waals surface area contributed by atoms with Crippen molar-refractivity contribution in [2.75, 3.05) is 13.2 Å². The predicted octanol–water partition coefficient (Wildman–Crippen LogP) is 0.812. The lowest BCUT2D eigenvalue weighted by molar-refractivity contribution is -0.129. The quantitative estimate of drug-likeness (QED) is 0.732. The molecule has 3 atom stereocenters. The molecule has 2 heterocycles. The van der Waals surface area contributed by atoms with Crippen LogP contribution in [0.4, 0.5) is 0 Å². The van der Waals surface area contributed by atoms with Gasteiger partial charge in [-0.25, -0.2) is 0 Å². The van der Waals surface area contributed by atoms with Gasteiger partial charge >= 0.3 is 0 Å². The monoisotopic (exact) mass is 226 g/mol. The Labute approximate surface area is 97.1 Å². The zero-order chi connectivity index (χ0) is 11.6. The average Bonchev–Trinajstić information content (AvgIpc) is 2.65. The maximum atomic E-state index is 12.2. The molecule has 0 aromatic carbocycles. The first-order valence-corrected chi connectivity index (χ1v) is 6.29. The standard InChI is InChI=1S/C12H22N2O2/c1-9-10(5-8-16-9)14-11(15)12(2)6-3-4-7-13-12/h9-10,13H,3-8H2,1-2H3,(H,14,15). The predicted molar refractivity (Wildman–Crippen MR) is 62.2 cm³/mol. The minimum absolute atomic E-state index is 0.134. The van der Waals surface area contributed by atoms with E-state index >= 15 is 0 Å². The molecule has 0 aromatic heterocycles. The lowest BCUT2D eigenvalue weighted by atomic mass is 9.89. The van der Waals surface area contributed by atoms with Gasteiger partial charge in [0.2, 0.25) is 5.91 Å². The summed E-state index contributed by atoms with van der Waals surface area (Å²) in [5.74, 6) is 0.134. The molecule has 0 radical (unpaired) electrons. The van der Waals surface area contributed by atoms with E-state index in [-0.39, 0.29) is 23.6 Å². The van der Waals surface area contributed by atoms with Crippen molar-refractivity contribution in [1.82, 2.24) is 10.6 Å². The van der Waals surface area contributed by atoms with Crippen LogP contribution in [-0.2, 0) is 9.53 Å². The molecule has 2 aliphatic heterocycles. The summed E-state index contributed by atoms with van der Waals surface area (Å²) < 4.78 is 5.45. The molecule has 0 aliphatic carbocycles. The van der Waals surface area contributed by atoms with E-state index in [0.717, 1.165) is 32.4 Å². The maximum Gasteiger partial charge on any atom is 0.240 e. The Morgan fingerprint density at radius 1 is 1.50 bits per heavy atom. The normalized spacial score (nSPS) is 39.6. The van der Waals surface area contributed by atoms with Crippen molar-refractivity contribution >= 4 is 5.91 Å². The molecule has 2 N–H and O–H groups in total. The van der Waals surface area contributed by atoms with Crippen molar-refractivity contribution in [2.24, 2.45) is 0 Å². The van der Waals surface area contributed by atoms with E-state index < -0.39 is 0 Å². The molecule has 3 unspecified atom stereocenters. The average molecular weight is 226 g/mol. The summed E-state index contributed by atoms with van der Waals surface area (Å²) in [6, 6.07) is 0.188. The van der Waals surface area contributed by atoms with Crippen LogP contribution in [0.1, 0.15) is 39.5 Å². The third-order valence-corrected chi connectivity index (χ3v) is 3.81. The van der Waals surface area contributed by atoms with Crippen molar-refractivity contribution in [3.63, 3.8) is 0 Å². The van der Waals surface area contributed by atoms with E-state index in [0.29, 0.717) is 0 Å². The Morgan fingerprint density at radius 3 is 2.88 bits per heavy atom. The van der Waals surface area contributed by atoms with Crippen molar-refractivity contribution in [3.8, 4) is 0 Å². The molecule has 2 aliphatic rings. The highest BCUT2D eigenvalue weighted by atomic mass is 16.5. The van der Waals surface area contributed by atoms with Gasteiger partial charge < -0.3 is 15.4 Å². The third-order valence-electron chi connectivity index (χ3n) is 3.81. The summed E-state index contributed by atoms with van der Waals surface area (Å²) in [4.78, 5) is 12.2. The largest absolute Gasteiger partial charge is 0.376 e. The molecule has 2 saturated heterocycles. The topological polar surface area (TPSA) is 50.4 Å². The molecular formula is C12H22N2O2. The highest BCUT2D eigenvalue weighted by molar-refractivity contribution is 5.86. The highest BCUT2D eigenvalue weighted by Crippen LogP contribution is 2.20. The van der Waals surface area contributed by atoms with E-state index in [1.165, 1.54) is 6.42 Å². The van der Waals surface area contributed by atoms with E-state index in [9.17, 15) is 4.79 Å². The summed E-state index contributed by atoms with van der Waals surface area (Å²) in [5.41, 5.74) is -0.374. The van der Waals surface area contributed by atoms with Crippen LogP contribution in [0.2, 0.25) is 0 Å². The zero-order valence-corrected chi connectivity index (χ0v) is 10.2. The number of hydrogen-bond acceptors (Lipinski definition) is 3. The van der Waals surface area contributed by atoms with Crippen LogP contribution >= 0.6 is 0 Å². The van der Waals surface area contributed by atoms with Crippen molar-refractivity contribution in [1.29, 1.82) is 0 Å². The van der Waals surface area contributed by atoms with Crippen LogP contribution in [0.25, 0.3) is 0 Å². The Bertz CT molecular complexity index is 262. The molecule has 4 nitrogen and oxygen atoms in total. The molecule has 0 aromatic rings. The van der Waals surface area contributed by atoms with Crippen molar-refractivity contribution < 1.29 is 9.53 Å². The molecule has 0 bridgehead atoms. The minimum Gasteiger partial charge on any atom is -0.376 e. The number of hydrogen-bond donors (Lipinski definition) is 2. The number of nitrogens with one attached hydrogen (secondary N) is 2. The molecule has 16 heavy (non-hydrogen) atoms. The Kier molecular flexibility index (Phi) is 3.50. The lowest BCUT2D eigenvalue weighted by Crippen LogP contribution is -2.59. The highest BCUT2D eigenvalue weighted by Gasteiger charge is 2.37. The molecule has 92 valence electrons. The first-order valence-electron chi connectivity index (χ1n) is 6.29. The van der Waals surface area contributed by atoms with E-state index in [4.69, 9.17) is 4.74 Å². The number of carbonyl (C=O) groups is 1. The van der Waals surface area contributed by atoms with Crippen LogP contribution in [-0.4, -0.2) is 36.7 Å². The van der Waals surface area contributed by atoms with Gasteiger partial charge in [0.05, 0.1) is 17.7 Å². The fourth-order valence-corrected chi connectivity index (χ4v) is 2.50. The SMILES string of the molecule is CC1OCCC1NC(=O)C1(C)CCCCN1. The molecule has 2 fully saturated rings. The number of rotatable bonds is 2. The number of ether oxygens (including phenoxy) is 1. The molecular weight excluding hydrogens is 204 g/mol. The Balaban J connectivity index is 1.91. The first-order chi connectivity index (χ1) is 7.62. The smallest absolute Gasteiger partial charge is 0.240 e. The van der Waals surface area contributed by atoms with Gasteiger partial charge in [-0.1, -0.05) is 0 Å². The van der Waals surface area contributed by atoms with Gasteiger partial charge in [-0.05, 0) is 46.1 Å². The first kappa shape index (κ1) is 11.9. The molecule has 2 rings (SSSR count). The fraction of sp³-hybridized carbons (Fsp3) is 0.917. The molecule has 1 amide bonds. The second kappa shape index (κ2) is 4.72. The second-order valence-corrected chi connectivity index (χ2v) is 5.16. The second-order valence-electron chi connectivity index (χ2n) is 5.16. The van der Waals surface area contributed by atoms with Gasteiger partial charge in [-0.2, -0.15) is 0 Å². The van der Waals surface area contributed by atoms with Gasteiger partial charge in [-0.15, -0.1) is 0 Å². The van der Waals surface area contributed by atoms with Crippen LogP contribution in [0.3, 0.4) is 0 Å². The van der Waals surface area contributed by atoms with Gasteiger partial charge in [0.15, 0.2) is 0 Å². The van der Waals surface area contributed by atoms with Crippen molar-refractivity contribution in [3.05, 3.63) is 0 Å². The van der Waals surface area contributed by atoms with Gasteiger partial charge in [0.1, 0.15) is 0 Å². The lowest BCUT2D eigenvalue weighted by Gasteiger charge is -2.34. The third kappa shape index (κ3) is 2.38. The van der Waals surface area contributed by atoms with Crippen LogP contribution < -0.4 is 10.6 Å². The fourth-order valence-electron chi connectivity index (χ4n) is 2.50. The van der Waals surface area contributed by atoms with E-state index in [1.54, 1.807) is 0 Å². The molecule has 0 saturated carbocycles. The number of carbonyl (C=O) groups excluding carboxylic acids is 1. The van der Waals surface area contributed by atoms with Crippen LogP contribution in [0, 0.1) is 0 Å². The van der Waals surface area contributed by atoms with E-state index in [1.807, 2.05) is 13.8 Å². The summed E-state index contributed by atoms with van der Waals surface area (Å²) >= 11 is 0. The molecule has 0 spiro atoms. The maximum absolute atomic E-state index is 12.2.